The van der Waals surface area contributed by atoms with Gasteiger partial charge in [-0.05, 0) is 0 Å². The van der Waals surface area contributed by atoms with Crippen LogP contribution in [0.25, 0.3) is 0 Å². The summed E-state index contributed by atoms with van der Waals surface area (Å²) < 4.78 is 6.18. The van der Waals surface area contributed by atoms with Gasteiger partial charge in [-0.2, -0.15) is 5.10 Å². The van der Waals surface area contributed by atoms with Gasteiger partial charge in [0.2, 0.25) is 0 Å². The van der Waals surface area contributed by atoms with E-state index in [9.17, 15) is 15.2 Å². The summed E-state index contributed by atoms with van der Waals surface area (Å²) in [6, 6.07) is -0.258. The molecule has 0 saturated heterocycles. The molecule has 1 aromatic heterocycles. The number of hydrogen-bond donors (Lipinski definition) is 3. The lowest BCUT2D eigenvalue weighted by Crippen LogP contribution is -2.41. The van der Waals surface area contributed by atoms with Crippen LogP contribution in [0, 0.1) is 10.1 Å². The van der Waals surface area contributed by atoms with Gasteiger partial charge in [0.05, 0.1) is 36.8 Å². The molecule has 19 heavy (non-hydrogen) atoms. The maximum Gasteiger partial charge on any atom is 0.306 e. The van der Waals surface area contributed by atoms with Crippen molar-refractivity contribution in [1.29, 1.82) is 0 Å². The minimum absolute atomic E-state index is 0.103. The van der Waals surface area contributed by atoms with Crippen molar-refractivity contribution in [2.45, 2.75) is 18.7 Å². The van der Waals surface area contributed by atoms with E-state index in [-0.39, 0.29) is 31.4 Å². The number of rotatable bonds is 9. The molecule has 1 rings (SSSR count). The second kappa shape index (κ2) is 7.79. The summed E-state index contributed by atoms with van der Waals surface area (Å²) in [5.74, 6) is 0. The molecule has 0 spiro atoms. The SMILES string of the molecule is COCC(CO)NCC(O)Cn1cc([N+](=O)[O-])cn1. The zero-order chi connectivity index (χ0) is 14.3. The Balaban J connectivity index is 2.37. The third-order valence-corrected chi connectivity index (χ3v) is 2.46. The van der Waals surface area contributed by atoms with Crippen molar-refractivity contribution in [3.05, 3.63) is 22.5 Å². The predicted molar refractivity (Wildman–Crippen MR) is 65.6 cm³/mol. The second-order valence-electron chi connectivity index (χ2n) is 4.07. The molecule has 0 fully saturated rings. The predicted octanol–water partition coefficient (Wildman–Crippen LogP) is -1.25. The largest absolute Gasteiger partial charge is 0.395 e. The van der Waals surface area contributed by atoms with E-state index in [0.717, 1.165) is 6.20 Å². The first kappa shape index (κ1) is 15.5. The zero-order valence-corrected chi connectivity index (χ0v) is 10.6. The van der Waals surface area contributed by atoms with Gasteiger partial charge in [0.1, 0.15) is 12.4 Å². The maximum atomic E-state index is 10.5. The zero-order valence-electron chi connectivity index (χ0n) is 10.6. The number of hydrogen-bond acceptors (Lipinski definition) is 7. The lowest BCUT2D eigenvalue weighted by atomic mass is 10.3. The van der Waals surface area contributed by atoms with Gasteiger partial charge in [-0.15, -0.1) is 0 Å². The highest BCUT2D eigenvalue weighted by Crippen LogP contribution is 2.07. The molecule has 9 nitrogen and oxygen atoms in total. The molecule has 1 aromatic rings. The van der Waals surface area contributed by atoms with Gasteiger partial charge in [0.25, 0.3) is 0 Å². The summed E-state index contributed by atoms with van der Waals surface area (Å²) in [4.78, 5) is 9.91. The van der Waals surface area contributed by atoms with Gasteiger partial charge >= 0.3 is 5.69 Å². The Bertz CT molecular complexity index is 397. The van der Waals surface area contributed by atoms with Crippen molar-refractivity contribution in [3.8, 4) is 0 Å². The molecule has 1 heterocycles. The Morgan fingerprint density at radius 3 is 2.95 bits per heavy atom. The molecule has 2 unspecified atom stereocenters. The number of ether oxygens (including phenoxy) is 1. The van der Waals surface area contributed by atoms with Crippen LogP contribution in [-0.2, 0) is 11.3 Å². The Kier molecular flexibility index (Phi) is 6.36. The summed E-state index contributed by atoms with van der Waals surface area (Å²) in [5, 5.41) is 35.9. The van der Waals surface area contributed by atoms with Crippen molar-refractivity contribution in [3.63, 3.8) is 0 Å². The first-order chi connectivity index (χ1) is 9.06. The molecule has 3 N–H and O–H groups in total. The highest BCUT2D eigenvalue weighted by Gasteiger charge is 2.13. The Labute approximate surface area is 109 Å². The van der Waals surface area contributed by atoms with E-state index in [2.05, 4.69) is 10.4 Å². The van der Waals surface area contributed by atoms with Crippen LogP contribution in [-0.4, -0.2) is 63.9 Å². The molecule has 108 valence electrons. The monoisotopic (exact) mass is 274 g/mol. The number of nitrogens with one attached hydrogen (secondary N) is 1. The van der Waals surface area contributed by atoms with Crippen molar-refractivity contribution >= 4 is 5.69 Å². The first-order valence-electron chi connectivity index (χ1n) is 5.75. The normalized spacial score (nSPS) is 14.3. The van der Waals surface area contributed by atoms with E-state index in [1.54, 1.807) is 0 Å². The summed E-state index contributed by atoms with van der Waals surface area (Å²) in [6.45, 7) is 0.582. The van der Waals surface area contributed by atoms with E-state index in [0.29, 0.717) is 6.61 Å². The molecule has 0 aliphatic heterocycles. The molecule has 9 heteroatoms. The third kappa shape index (κ3) is 5.30. The van der Waals surface area contributed by atoms with Gasteiger partial charge in [-0.1, -0.05) is 0 Å². The smallest absolute Gasteiger partial charge is 0.306 e. The fraction of sp³-hybridized carbons (Fsp3) is 0.700. The lowest BCUT2D eigenvalue weighted by Gasteiger charge is -2.18. The standard InChI is InChI=1S/C10H18N4O5/c1-19-7-8(6-15)11-3-10(16)5-13-4-9(2-12-13)14(17)18/h2,4,8,10-11,15-16H,3,5-7H2,1H3. The van der Waals surface area contributed by atoms with Crippen LogP contribution in [0.15, 0.2) is 12.4 Å². The highest BCUT2D eigenvalue weighted by atomic mass is 16.6. The van der Waals surface area contributed by atoms with Crippen LogP contribution in [0.5, 0.6) is 0 Å². The van der Waals surface area contributed by atoms with E-state index in [4.69, 9.17) is 9.84 Å². The average Bonchev–Trinajstić information content (AvgIpc) is 2.83. The van der Waals surface area contributed by atoms with Crippen LogP contribution < -0.4 is 5.32 Å². The molecule has 0 aliphatic carbocycles. The molecule has 0 saturated carbocycles. The molecule has 0 amide bonds. The molecule has 0 radical (unpaired) electrons. The van der Waals surface area contributed by atoms with Gasteiger partial charge < -0.3 is 20.3 Å². The van der Waals surface area contributed by atoms with Crippen LogP contribution >= 0.6 is 0 Å². The lowest BCUT2D eigenvalue weighted by molar-refractivity contribution is -0.385. The Morgan fingerprint density at radius 2 is 2.42 bits per heavy atom. The Morgan fingerprint density at radius 1 is 1.68 bits per heavy atom. The molecular formula is C10H18N4O5. The number of nitrogens with zero attached hydrogens (tertiary/aromatic N) is 3. The minimum atomic E-state index is -0.773. The summed E-state index contributed by atoms with van der Waals surface area (Å²) >= 11 is 0. The Hall–Kier alpha value is -1.55. The van der Waals surface area contributed by atoms with Crippen LogP contribution in [0.4, 0.5) is 5.69 Å². The van der Waals surface area contributed by atoms with Crippen LogP contribution in [0.3, 0.4) is 0 Å². The van der Waals surface area contributed by atoms with Crippen LogP contribution in [0.2, 0.25) is 0 Å². The first-order valence-corrected chi connectivity index (χ1v) is 5.75. The molecule has 0 aromatic carbocycles. The number of methoxy groups -OCH3 is 1. The van der Waals surface area contributed by atoms with Crippen molar-refractivity contribution in [2.75, 3.05) is 26.9 Å². The van der Waals surface area contributed by atoms with Crippen molar-refractivity contribution in [2.24, 2.45) is 0 Å². The van der Waals surface area contributed by atoms with E-state index < -0.39 is 11.0 Å². The molecule has 0 aliphatic rings. The molecule has 2 atom stereocenters. The van der Waals surface area contributed by atoms with Crippen molar-refractivity contribution in [1.82, 2.24) is 15.1 Å². The fourth-order valence-corrected chi connectivity index (χ4v) is 1.51. The van der Waals surface area contributed by atoms with E-state index >= 15 is 0 Å². The quantitative estimate of drug-likeness (QED) is 0.380. The van der Waals surface area contributed by atoms with Gasteiger partial charge in [-0.25, -0.2) is 0 Å². The minimum Gasteiger partial charge on any atom is -0.395 e. The maximum absolute atomic E-state index is 10.5. The number of aromatic nitrogens is 2. The van der Waals surface area contributed by atoms with E-state index in [1.807, 2.05) is 0 Å². The number of nitro groups is 1. The van der Waals surface area contributed by atoms with Gasteiger partial charge in [0, 0.05) is 13.7 Å². The summed E-state index contributed by atoms with van der Waals surface area (Å²) in [6.07, 6.45) is 1.61. The third-order valence-electron chi connectivity index (χ3n) is 2.46. The topological polar surface area (TPSA) is 123 Å². The fourth-order valence-electron chi connectivity index (χ4n) is 1.51. The van der Waals surface area contributed by atoms with Crippen molar-refractivity contribution < 1.29 is 19.9 Å². The number of aliphatic hydroxyl groups excluding tert-OH is 2. The van der Waals surface area contributed by atoms with E-state index in [1.165, 1.54) is 18.0 Å². The van der Waals surface area contributed by atoms with Crippen LogP contribution in [0.1, 0.15) is 0 Å². The summed E-state index contributed by atoms with van der Waals surface area (Å²) in [7, 11) is 1.52. The summed E-state index contributed by atoms with van der Waals surface area (Å²) in [5.41, 5.74) is -0.118. The van der Waals surface area contributed by atoms with Gasteiger partial charge in [0.15, 0.2) is 0 Å². The van der Waals surface area contributed by atoms with Gasteiger partial charge in [-0.3, -0.25) is 14.8 Å². The average molecular weight is 274 g/mol. The molecule has 0 bridgehead atoms. The highest BCUT2D eigenvalue weighted by molar-refractivity contribution is 5.20. The molecular weight excluding hydrogens is 256 g/mol. The number of aliphatic hydroxyl groups is 2. The second-order valence-corrected chi connectivity index (χ2v) is 4.07.